The minimum Gasteiger partial charge on any atom is -0.204 e. The summed E-state index contributed by atoms with van der Waals surface area (Å²) in [5.41, 5.74) is -0.331. The molecule has 0 amide bonds. The van der Waals surface area contributed by atoms with Crippen molar-refractivity contribution in [3.63, 3.8) is 0 Å². The van der Waals surface area contributed by atoms with Gasteiger partial charge in [0, 0.05) is 0 Å². The van der Waals surface area contributed by atoms with Crippen LogP contribution in [0.2, 0.25) is 0 Å². The Balaban J connectivity index is 3.36. The second-order valence-corrected chi connectivity index (χ2v) is 2.17. The molecule has 1 aromatic carbocycles. The molecule has 0 heterocycles. The highest BCUT2D eigenvalue weighted by molar-refractivity contribution is 6.32. The van der Waals surface area contributed by atoms with Gasteiger partial charge in [0.1, 0.15) is 7.85 Å². The molecule has 0 fully saturated rings. The Morgan fingerprint density at radius 2 is 1.73 bits per heavy atom. The average Bonchev–Trinajstić information content (AvgIpc) is 1.85. The molecule has 0 spiro atoms. The number of benzene rings is 1. The van der Waals surface area contributed by atoms with Crippen LogP contribution in [0.1, 0.15) is 0 Å². The zero-order valence-corrected chi connectivity index (χ0v) is 5.77. The van der Waals surface area contributed by atoms with Crippen molar-refractivity contribution in [3.05, 3.63) is 28.7 Å². The van der Waals surface area contributed by atoms with E-state index in [1.165, 1.54) is 7.85 Å². The normalized spacial score (nSPS) is 9.64. The Morgan fingerprint density at radius 3 is 2.09 bits per heavy atom. The van der Waals surface area contributed by atoms with Crippen LogP contribution in [0.3, 0.4) is 0 Å². The molecule has 0 aliphatic heterocycles. The van der Waals surface area contributed by atoms with Gasteiger partial charge in [-0.1, -0.05) is 5.46 Å². The largest absolute Gasteiger partial charge is 0.204 e. The van der Waals surface area contributed by atoms with Crippen molar-refractivity contribution in [1.29, 1.82) is 0 Å². The average molecular weight is 155 g/mol. The van der Waals surface area contributed by atoms with Crippen LogP contribution in [0.25, 0.3) is 0 Å². The van der Waals surface area contributed by atoms with E-state index in [1.54, 1.807) is 0 Å². The molecule has 0 aromatic heterocycles. The molecule has 5 heteroatoms. The topological polar surface area (TPSA) is 29.4 Å². The molecular formula is C6H4BF2NO. The van der Waals surface area contributed by atoms with E-state index in [2.05, 4.69) is 5.18 Å². The van der Waals surface area contributed by atoms with E-state index in [9.17, 15) is 13.7 Å². The van der Waals surface area contributed by atoms with Gasteiger partial charge in [-0.25, -0.2) is 8.78 Å². The molecule has 0 aliphatic carbocycles. The SMILES string of the molecule is Bc1cc(F)c(N=O)c(F)c1. The number of halogens is 2. The van der Waals surface area contributed by atoms with Crippen LogP contribution in [-0.2, 0) is 0 Å². The van der Waals surface area contributed by atoms with Crippen LogP contribution in [0, 0.1) is 16.5 Å². The maximum Gasteiger partial charge on any atom is 0.179 e. The van der Waals surface area contributed by atoms with Crippen LogP contribution in [-0.4, -0.2) is 7.85 Å². The zero-order chi connectivity index (χ0) is 8.43. The molecule has 0 atom stereocenters. The first-order valence-electron chi connectivity index (χ1n) is 2.94. The first kappa shape index (κ1) is 7.85. The summed E-state index contributed by atoms with van der Waals surface area (Å²) in [6.07, 6.45) is 0. The van der Waals surface area contributed by atoms with E-state index in [1.807, 2.05) is 0 Å². The number of nitroso groups, excluding NO2 is 1. The predicted molar refractivity (Wildman–Crippen MR) is 40.0 cm³/mol. The van der Waals surface area contributed by atoms with Crippen LogP contribution >= 0.6 is 0 Å². The molecule has 2 nitrogen and oxygen atoms in total. The maximum atomic E-state index is 12.6. The van der Waals surface area contributed by atoms with E-state index in [-0.39, 0.29) is 0 Å². The first-order chi connectivity index (χ1) is 5.15. The van der Waals surface area contributed by atoms with Gasteiger partial charge in [0.25, 0.3) is 0 Å². The van der Waals surface area contributed by atoms with Gasteiger partial charge < -0.3 is 0 Å². The first-order valence-corrected chi connectivity index (χ1v) is 2.94. The molecule has 1 rings (SSSR count). The number of hydrogen-bond donors (Lipinski definition) is 0. The van der Waals surface area contributed by atoms with Gasteiger partial charge in [-0.05, 0) is 17.3 Å². The van der Waals surface area contributed by atoms with E-state index in [4.69, 9.17) is 0 Å². The molecule has 0 radical (unpaired) electrons. The third kappa shape index (κ3) is 1.42. The Morgan fingerprint density at radius 1 is 1.27 bits per heavy atom. The summed E-state index contributed by atoms with van der Waals surface area (Å²) in [4.78, 5) is 9.83. The van der Waals surface area contributed by atoms with Crippen molar-refractivity contribution >= 4 is 19.0 Å². The number of rotatable bonds is 1. The molecule has 0 unspecified atom stereocenters. The van der Waals surface area contributed by atoms with Crippen molar-refractivity contribution in [2.24, 2.45) is 5.18 Å². The van der Waals surface area contributed by atoms with Crippen LogP contribution in [0.4, 0.5) is 14.5 Å². The quantitative estimate of drug-likeness (QED) is 0.431. The lowest BCUT2D eigenvalue weighted by Crippen LogP contribution is -2.04. The summed E-state index contributed by atoms with van der Waals surface area (Å²) in [5.74, 6) is -1.84. The van der Waals surface area contributed by atoms with Crippen molar-refractivity contribution in [1.82, 2.24) is 0 Å². The van der Waals surface area contributed by atoms with Gasteiger partial charge in [-0.2, -0.15) is 0 Å². The molecule has 56 valence electrons. The summed E-state index contributed by atoms with van der Waals surface area (Å²) in [5, 5.41) is 2.21. The van der Waals surface area contributed by atoms with E-state index < -0.39 is 17.3 Å². The highest BCUT2D eigenvalue weighted by Crippen LogP contribution is 2.19. The molecule has 11 heavy (non-hydrogen) atoms. The van der Waals surface area contributed by atoms with Gasteiger partial charge >= 0.3 is 0 Å². The lowest BCUT2D eigenvalue weighted by Gasteiger charge is -1.96. The fourth-order valence-corrected chi connectivity index (χ4v) is 0.779. The van der Waals surface area contributed by atoms with Gasteiger partial charge in [-0.3, -0.25) is 0 Å². The van der Waals surface area contributed by atoms with Crippen molar-refractivity contribution < 1.29 is 8.78 Å². The Hall–Kier alpha value is -1.26. The molecular weight excluding hydrogens is 151 g/mol. The summed E-state index contributed by atoms with van der Waals surface area (Å²) < 4.78 is 25.2. The third-order valence-electron chi connectivity index (χ3n) is 1.25. The number of nitrogens with zero attached hydrogens (tertiary/aromatic N) is 1. The van der Waals surface area contributed by atoms with Gasteiger partial charge in [0.2, 0.25) is 0 Å². The third-order valence-corrected chi connectivity index (χ3v) is 1.25. The Labute approximate surface area is 62.6 Å². The second-order valence-electron chi connectivity index (χ2n) is 2.17. The fourth-order valence-electron chi connectivity index (χ4n) is 0.779. The van der Waals surface area contributed by atoms with Crippen LogP contribution < -0.4 is 5.46 Å². The second kappa shape index (κ2) is 2.78. The van der Waals surface area contributed by atoms with Gasteiger partial charge in [0.05, 0.1) is 0 Å². The smallest absolute Gasteiger partial charge is 0.179 e. The van der Waals surface area contributed by atoms with Crippen LogP contribution in [0.5, 0.6) is 0 Å². The molecule has 0 saturated carbocycles. The fraction of sp³-hybridized carbons (Fsp3) is 0. The van der Waals surface area contributed by atoms with Gasteiger partial charge in [0.15, 0.2) is 17.3 Å². The highest BCUT2D eigenvalue weighted by Gasteiger charge is 2.09. The predicted octanol–water partition coefficient (Wildman–Crippen LogP) is 0.621. The molecule has 0 aliphatic rings. The summed E-state index contributed by atoms with van der Waals surface area (Å²) in [6, 6.07) is 2.11. The maximum absolute atomic E-state index is 12.6. The standard InChI is InChI=1S/C6H4BF2NO/c7-3-1-4(8)6(10-11)5(9)2-3/h1-2H,7H2. The van der Waals surface area contributed by atoms with Crippen molar-refractivity contribution in [3.8, 4) is 0 Å². The number of hydrogen-bond acceptors (Lipinski definition) is 2. The monoisotopic (exact) mass is 155 g/mol. The van der Waals surface area contributed by atoms with E-state index in [0.29, 0.717) is 5.46 Å². The van der Waals surface area contributed by atoms with E-state index in [0.717, 1.165) is 12.1 Å². The highest BCUT2D eigenvalue weighted by atomic mass is 19.1. The lowest BCUT2D eigenvalue weighted by atomic mass is 9.96. The van der Waals surface area contributed by atoms with Crippen LogP contribution in [0.15, 0.2) is 17.3 Å². The zero-order valence-electron chi connectivity index (χ0n) is 5.77. The van der Waals surface area contributed by atoms with Crippen molar-refractivity contribution in [2.45, 2.75) is 0 Å². The molecule has 0 saturated heterocycles. The molecule has 1 aromatic rings. The Kier molecular flexibility index (Phi) is 1.98. The molecule has 0 N–H and O–H groups in total. The lowest BCUT2D eigenvalue weighted by molar-refractivity contribution is 0.589. The Bertz CT molecular complexity index is 280. The van der Waals surface area contributed by atoms with E-state index >= 15 is 0 Å². The summed E-state index contributed by atoms with van der Waals surface area (Å²) >= 11 is 0. The van der Waals surface area contributed by atoms with Gasteiger partial charge in [-0.15, -0.1) is 4.91 Å². The van der Waals surface area contributed by atoms with Crippen molar-refractivity contribution in [2.75, 3.05) is 0 Å². The molecule has 0 bridgehead atoms. The summed E-state index contributed by atoms with van der Waals surface area (Å²) in [7, 11) is 1.53. The minimum absolute atomic E-state index is 0.424. The summed E-state index contributed by atoms with van der Waals surface area (Å²) in [6.45, 7) is 0. The minimum atomic E-state index is -0.919.